The number of aromatic nitrogens is 1. The highest BCUT2D eigenvalue weighted by Crippen LogP contribution is 2.18. The van der Waals surface area contributed by atoms with Crippen LogP contribution in [-0.2, 0) is 0 Å². The molecule has 2 aromatic rings. The first kappa shape index (κ1) is 13.8. The molecule has 0 saturated heterocycles. The molecule has 3 nitrogen and oxygen atoms in total. The summed E-state index contributed by atoms with van der Waals surface area (Å²) in [4.78, 5) is 16.0. The molecule has 0 bridgehead atoms. The van der Waals surface area contributed by atoms with Crippen molar-refractivity contribution in [2.75, 3.05) is 0 Å². The van der Waals surface area contributed by atoms with Crippen molar-refractivity contribution < 1.29 is 4.79 Å². The molecule has 1 aromatic carbocycles. The van der Waals surface area contributed by atoms with Crippen LogP contribution in [-0.4, -0.2) is 10.9 Å². The van der Waals surface area contributed by atoms with E-state index in [1.165, 1.54) is 0 Å². The Morgan fingerprint density at radius 3 is 2.53 bits per heavy atom. The van der Waals surface area contributed by atoms with E-state index in [4.69, 9.17) is 23.2 Å². The fourth-order valence-electron chi connectivity index (χ4n) is 1.67. The van der Waals surface area contributed by atoms with Crippen LogP contribution >= 0.6 is 23.2 Å². The smallest absolute Gasteiger partial charge is 0.271 e. The molecular weight excluding hydrogens is 283 g/mol. The summed E-state index contributed by atoms with van der Waals surface area (Å²) in [6.07, 6.45) is 0. The Kier molecular flexibility index (Phi) is 4.40. The minimum absolute atomic E-state index is 0.134. The van der Waals surface area contributed by atoms with E-state index >= 15 is 0 Å². The molecule has 19 heavy (non-hydrogen) atoms. The number of amides is 1. The highest BCUT2D eigenvalue weighted by atomic mass is 35.5. The Balaban J connectivity index is 2.15. The normalized spacial score (nSPS) is 11.9. The van der Waals surface area contributed by atoms with Gasteiger partial charge in [0.15, 0.2) is 0 Å². The fourth-order valence-corrected chi connectivity index (χ4v) is 2.01. The number of carbonyl (C=O) groups excluding carboxylic acids is 1. The quantitative estimate of drug-likeness (QED) is 0.873. The number of pyridine rings is 1. The number of halogens is 2. The van der Waals surface area contributed by atoms with Gasteiger partial charge in [0.25, 0.3) is 5.91 Å². The van der Waals surface area contributed by atoms with Crippen molar-refractivity contribution in [3.05, 3.63) is 63.9 Å². The average Bonchev–Trinajstić information content (AvgIpc) is 2.42. The van der Waals surface area contributed by atoms with Crippen LogP contribution in [0.3, 0.4) is 0 Å². The lowest BCUT2D eigenvalue weighted by Crippen LogP contribution is -2.27. The number of carbonyl (C=O) groups is 1. The van der Waals surface area contributed by atoms with Gasteiger partial charge >= 0.3 is 0 Å². The van der Waals surface area contributed by atoms with Crippen LogP contribution in [0.2, 0.25) is 10.2 Å². The summed E-state index contributed by atoms with van der Waals surface area (Å²) in [6, 6.07) is 12.6. The zero-order chi connectivity index (χ0) is 13.8. The monoisotopic (exact) mass is 294 g/mol. The highest BCUT2D eigenvalue weighted by Gasteiger charge is 2.15. The third kappa shape index (κ3) is 3.46. The minimum atomic E-state index is -0.344. The van der Waals surface area contributed by atoms with Gasteiger partial charge in [-0.15, -0.1) is 0 Å². The molecule has 0 aliphatic heterocycles. The zero-order valence-corrected chi connectivity index (χ0v) is 11.7. The third-order valence-electron chi connectivity index (χ3n) is 2.67. The number of hydrogen-bond acceptors (Lipinski definition) is 2. The maximum Gasteiger partial charge on any atom is 0.271 e. The molecule has 98 valence electrons. The molecule has 0 fully saturated rings. The Hall–Kier alpha value is -1.58. The van der Waals surface area contributed by atoms with E-state index in [0.717, 1.165) is 5.56 Å². The molecule has 1 heterocycles. The molecule has 1 unspecified atom stereocenters. The first-order valence-electron chi connectivity index (χ1n) is 5.76. The van der Waals surface area contributed by atoms with E-state index in [1.807, 2.05) is 37.3 Å². The Morgan fingerprint density at radius 1 is 1.16 bits per heavy atom. The van der Waals surface area contributed by atoms with E-state index in [1.54, 1.807) is 12.1 Å². The van der Waals surface area contributed by atoms with Gasteiger partial charge in [0.1, 0.15) is 10.8 Å². The van der Waals surface area contributed by atoms with Gasteiger partial charge in [-0.2, -0.15) is 0 Å². The van der Waals surface area contributed by atoms with Crippen molar-refractivity contribution in [2.24, 2.45) is 0 Å². The van der Waals surface area contributed by atoms with Gasteiger partial charge in [0.2, 0.25) is 0 Å². The predicted octanol–water partition coefficient (Wildman–Crippen LogP) is 3.88. The summed E-state index contributed by atoms with van der Waals surface area (Å²) < 4.78 is 0. The number of hydrogen-bond donors (Lipinski definition) is 1. The second-order valence-electron chi connectivity index (χ2n) is 4.07. The van der Waals surface area contributed by atoms with Crippen molar-refractivity contribution in [2.45, 2.75) is 13.0 Å². The maximum atomic E-state index is 12.1. The SMILES string of the molecule is CC(NC(=O)c1nc(Cl)ccc1Cl)c1ccccc1. The largest absolute Gasteiger partial charge is 0.344 e. The van der Waals surface area contributed by atoms with Crippen molar-refractivity contribution in [1.29, 1.82) is 0 Å². The number of benzene rings is 1. The molecule has 0 radical (unpaired) electrons. The van der Waals surface area contributed by atoms with Crippen LogP contribution in [0, 0.1) is 0 Å². The molecule has 1 atom stereocenters. The van der Waals surface area contributed by atoms with Crippen LogP contribution in [0.25, 0.3) is 0 Å². The molecule has 1 amide bonds. The number of nitrogens with one attached hydrogen (secondary N) is 1. The standard InChI is InChI=1S/C14H12Cl2N2O/c1-9(10-5-3-2-4-6-10)17-14(19)13-11(15)7-8-12(16)18-13/h2-9H,1H3,(H,17,19). The minimum Gasteiger partial charge on any atom is -0.344 e. The number of nitrogens with zero attached hydrogens (tertiary/aromatic N) is 1. The second-order valence-corrected chi connectivity index (χ2v) is 4.86. The van der Waals surface area contributed by atoms with E-state index in [2.05, 4.69) is 10.3 Å². The lowest BCUT2D eigenvalue weighted by molar-refractivity contribution is 0.0935. The van der Waals surface area contributed by atoms with Crippen LogP contribution in [0.4, 0.5) is 0 Å². The first-order valence-corrected chi connectivity index (χ1v) is 6.51. The van der Waals surface area contributed by atoms with Crippen LogP contribution in [0.15, 0.2) is 42.5 Å². The van der Waals surface area contributed by atoms with Crippen molar-refractivity contribution in [3.63, 3.8) is 0 Å². The van der Waals surface area contributed by atoms with Crippen molar-refractivity contribution in [1.82, 2.24) is 10.3 Å². The number of rotatable bonds is 3. The Labute approximate surface area is 121 Å². The molecule has 1 aromatic heterocycles. The highest BCUT2D eigenvalue weighted by molar-refractivity contribution is 6.34. The van der Waals surface area contributed by atoms with Gasteiger partial charge in [0, 0.05) is 0 Å². The topological polar surface area (TPSA) is 42.0 Å². The Morgan fingerprint density at radius 2 is 1.84 bits per heavy atom. The molecule has 0 aliphatic carbocycles. The molecule has 2 rings (SSSR count). The summed E-state index contributed by atoms with van der Waals surface area (Å²) in [5.41, 5.74) is 1.14. The Bertz CT molecular complexity index is 587. The lowest BCUT2D eigenvalue weighted by Gasteiger charge is -2.14. The van der Waals surface area contributed by atoms with E-state index < -0.39 is 0 Å². The second kappa shape index (κ2) is 6.04. The average molecular weight is 295 g/mol. The summed E-state index contributed by atoms with van der Waals surface area (Å²) in [7, 11) is 0. The summed E-state index contributed by atoms with van der Waals surface area (Å²) in [5.74, 6) is -0.344. The van der Waals surface area contributed by atoms with Gasteiger partial charge in [-0.25, -0.2) is 4.98 Å². The maximum absolute atomic E-state index is 12.1. The van der Waals surface area contributed by atoms with Crippen LogP contribution < -0.4 is 5.32 Å². The van der Waals surface area contributed by atoms with Crippen molar-refractivity contribution in [3.8, 4) is 0 Å². The van der Waals surface area contributed by atoms with Crippen molar-refractivity contribution >= 4 is 29.1 Å². The molecule has 5 heteroatoms. The van der Waals surface area contributed by atoms with Gasteiger partial charge < -0.3 is 5.32 Å². The molecule has 0 saturated carbocycles. The molecule has 1 N–H and O–H groups in total. The molecular formula is C14H12Cl2N2O. The van der Waals surface area contributed by atoms with Crippen LogP contribution in [0.5, 0.6) is 0 Å². The zero-order valence-electron chi connectivity index (χ0n) is 10.2. The third-order valence-corrected chi connectivity index (χ3v) is 3.19. The summed E-state index contributed by atoms with van der Waals surface area (Å²) >= 11 is 11.7. The van der Waals surface area contributed by atoms with Gasteiger partial charge in [-0.3, -0.25) is 4.79 Å². The van der Waals surface area contributed by atoms with Gasteiger partial charge in [0.05, 0.1) is 11.1 Å². The summed E-state index contributed by atoms with van der Waals surface area (Å²) in [6.45, 7) is 1.89. The van der Waals surface area contributed by atoms with Gasteiger partial charge in [-0.1, -0.05) is 53.5 Å². The molecule has 0 spiro atoms. The molecule has 0 aliphatic rings. The van der Waals surface area contributed by atoms with Gasteiger partial charge in [-0.05, 0) is 24.6 Å². The van der Waals surface area contributed by atoms with Crippen LogP contribution in [0.1, 0.15) is 29.0 Å². The summed E-state index contributed by atoms with van der Waals surface area (Å²) in [5, 5.41) is 3.35. The van der Waals surface area contributed by atoms with E-state index in [9.17, 15) is 4.79 Å². The first-order chi connectivity index (χ1) is 9.08. The predicted molar refractivity (Wildman–Crippen MR) is 76.6 cm³/mol. The van der Waals surface area contributed by atoms with E-state index in [0.29, 0.717) is 0 Å². The fraction of sp³-hybridized carbons (Fsp3) is 0.143. The van der Waals surface area contributed by atoms with E-state index in [-0.39, 0.29) is 27.8 Å². The lowest BCUT2D eigenvalue weighted by atomic mass is 10.1.